The SMILES string of the molecule is CCCCC[C@H]1O[C@H]1C/C=C\C/C=C\CCCCCCC(=O)OC. The van der Waals surface area contributed by atoms with Crippen LogP contribution >= 0.6 is 0 Å². The van der Waals surface area contributed by atoms with Crippen molar-refractivity contribution in [3.63, 3.8) is 0 Å². The van der Waals surface area contributed by atoms with Crippen molar-refractivity contribution >= 4 is 5.97 Å². The molecule has 1 aliphatic rings. The number of hydrogen-bond donors (Lipinski definition) is 0. The highest BCUT2D eigenvalue weighted by Crippen LogP contribution is 2.30. The summed E-state index contributed by atoms with van der Waals surface area (Å²) in [6.07, 6.45) is 23.5. The normalized spacial score (nSPS) is 20.1. The molecule has 1 rings (SSSR count). The Kier molecular flexibility index (Phi) is 12.5. The van der Waals surface area contributed by atoms with Crippen molar-refractivity contribution in [3.8, 4) is 0 Å². The van der Waals surface area contributed by atoms with Crippen molar-refractivity contribution in [1.29, 1.82) is 0 Å². The van der Waals surface area contributed by atoms with Crippen molar-refractivity contribution in [2.75, 3.05) is 7.11 Å². The standard InChI is InChI=1S/C21H36O3/c1-3-4-13-16-19-20(24-19)17-14-11-9-7-5-6-8-10-12-15-18-21(22)23-2/h5,7,11,14,19-20H,3-4,6,8-10,12-13,15-18H2,1-2H3/b7-5-,14-11-/t19-,20+/m1/s1. The molecule has 1 saturated heterocycles. The molecule has 0 aromatic carbocycles. The average molecular weight is 337 g/mol. The van der Waals surface area contributed by atoms with Gasteiger partial charge < -0.3 is 9.47 Å². The lowest BCUT2D eigenvalue weighted by Crippen LogP contribution is -1.98. The summed E-state index contributed by atoms with van der Waals surface area (Å²) < 4.78 is 10.3. The summed E-state index contributed by atoms with van der Waals surface area (Å²) in [6.45, 7) is 2.24. The third-order valence-electron chi connectivity index (χ3n) is 4.48. The Morgan fingerprint density at radius 3 is 2.54 bits per heavy atom. The summed E-state index contributed by atoms with van der Waals surface area (Å²) in [5.41, 5.74) is 0. The molecule has 0 bridgehead atoms. The van der Waals surface area contributed by atoms with Gasteiger partial charge in [0.05, 0.1) is 19.3 Å². The van der Waals surface area contributed by atoms with E-state index in [-0.39, 0.29) is 5.97 Å². The number of methoxy groups -OCH3 is 1. The van der Waals surface area contributed by atoms with Gasteiger partial charge >= 0.3 is 5.97 Å². The Bertz CT molecular complexity index is 373. The van der Waals surface area contributed by atoms with E-state index in [0.29, 0.717) is 18.6 Å². The molecule has 0 spiro atoms. The molecule has 0 amide bonds. The predicted molar refractivity (Wildman–Crippen MR) is 100 cm³/mol. The molecular weight excluding hydrogens is 300 g/mol. The Balaban J connectivity index is 1.84. The zero-order chi connectivity index (χ0) is 17.5. The maximum absolute atomic E-state index is 10.9. The summed E-state index contributed by atoms with van der Waals surface area (Å²) in [6, 6.07) is 0. The first kappa shape index (κ1) is 21.0. The van der Waals surface area contributed by atoms with Crippen molar-refractivity contribution in [1.82, 2.24) is 0 Å². The van der Waals surface area contributed by atoms with Gasteiger partial charge in [-0.25, -0.2) is 0 Å². The third-order valence-corrected chi connectivity index (χ3v) is 4.48. The number of esters is 1. The number of allylic oxidation sites excluding steroid dienone is 3. The lowest BCUT2D eigenvalue weighted by Gasteiger charge is -1.99. The van der Waals surface area contributed by atoms with Crippen LogP contribution in [0, 0.1) is 0 Å². The van der Waals surface area contributed by atoms with E-state index in [2.05, 4.69) is 36.0 Å². The van der Waals surface area contributed by atoms with Gasteiger partial charge in [0.2, 0.25) is 0 Å². The topological polar surface area (TPSA) is 38.8 Å². The van der Waals surface area contributed by atoms with Gasteiger partial charge in [0, 0.05) is 6.42 Å². The van der Waals surface area contributed by atoms with Gasteiger partial charge in [-0.05, 0) is 38.5 Å². The third kappa shape index (κ3) is 11.4. The quantitative estimate of drug-likeness (QED) is 0.166. The molecular formula is C21H36O3. The first-order valence-electron chi connectivity index (χ1n) is 9.80. The van der Waals surface area contributed by atoms with Gasteiger partial charge in [-0.1, -0.05) is 63.3 Å². The highest BCUT2D eigenvalue weighted by molar-refractivity contribution is 5.68. The molecule has 1 heterocycles. The highest BCUT2D eigenvalue weighted by atomic mass is 16.6. The van der Waals surface area contributed by atoms with E-state index < -0.39 is 0 Å². The Morgan fingerprint density at radius 2 is 1.75 bits per heavy atom. The highest BCUT2D eigenvalue weighted by Gasteiger charge is 2.36. The summed E-state index contributed by atoms with van der Waals surface area (Å²) in [5.74, 6) is -0.0921. The summed E-state index contributed by atoms with van der Waals surface area (Å²) in [4.78, 5) is 10.9. The van der Waals surface area contributed by atoms with Crippen LogP contribution < -0.4 is 0 Å². The fourth-order valence-corrected chi connectivity index (χ4v) is 2.84. The van der Waals surface area contributed by atoms with Crippen LogP contribution in [0.4, 0.5) is 0 Å². The van der Waals surface area contributed by atoms with Crippen LogP contribution in [-0.2, 0) is 14.3 Å². The molecule has 0 aromatic rings. The number of carbonyl (C=O) groups excluding carboxylic acids is 1. The first-order valence-corrected chi connectivity index (χ1v) is 9.80. The average Bonchev–Trinajstić information content (AvgIpc) is 3.34. The second-order valence-electron chi connectivity index (χ2n) is 6.65. The summed E-state index contributed by atoms with van der Waals surface area (Å²) in [5, 5.41) is 0. The fraction of sp³-hybridized carbons (Fsp3) is 0.762. The molecule has 1 fully saturated rings. The van der Waals surface area contributed by atoms with Gasteiger partial charge in [0.1, 0.15) is 0 Å². The summed E-state index contributed by atoms with van der Waals surface area (Å²) in [7, 11) is 1.45. The second kappa shape index (κ2) is 14.3. The number of rotatable bonds is 15. The number of carbonyl (C=O) groups is 1. The molecule has 0 radical (unpaired) electrons. The molecule has 3 nitrogen and oxygen atoms in total. The molecule has 0 saturated carbocycles. The minimum atomic E-state index is -0.0921. The molecule has 2 atom stereocenters. The number of ether oxygens (including phenoxy) is 2. The molecule has 1 aliphatic heterocycles. The van der Waals surface area contributed by atoms with Gasteiger partial charge in [0.25, 0.3) is 0 Å². The molecule has 0 unspecified atom stereocenters. The second-order valence-corrected chi connectivity index (χ2v) is 6.65. The van der Waals surface area contributed by atoms with Crippen molar-refractivity contribution < 1.29 is 14.3 Å². The van der Waals surface area contributed by atoms with Crippen molar-refractivity contribution in [3.05, 3.63) is 24.3 Å². The van der Waals surface area contributed by atoms with E-state index in [9.17, 15) is 4.79 Å². The Labute approximate surface area is 148 Å². The minimum Gasteiger partial charge on any atom is -0.469 e. The largest absolute Gasteiger partial charge is 0.469 e. The number of epoxide rings is 1. The Morgan fingerprint density at radius 1 is 0.958 bits per heavy atom. The fourth-order valence-electron chi connectivity index (χ4n) is 2.84. The van der Waals surface area contributed by atoms with Gasteiger partial charge in [-0.3, -0.25) is 4.79 Å². The van der Waals surface area contributed by atoms with E-state index in [1.807, 2.05) is 0 Å². The lowest BCUT2D eigenvalue weighted by atomic mass is 10.1. The zero-order valence-corrected chi connectivity index (χ0v) is 15.7. The van der Waals surface area contributed by atoms with Gasteiger partial charge in [-0.15, -0.1) is 0 Å². The summed E-state index contributed by atoms with van der Waals surface area (Å²) >= 11 is 0. The van der Waals surface area contributed by atoms with Crippen LogP contribution in [0.25, 0.3) is 0 Å². The van der Waals surface area contributed by atoms with Crippen molar-refractivity contribution in [2.45, 2.75) is 96.2 Å². The van der Waals surface area contributed by atoms with Crippen molar-refractivity contribution in [2.24, 2.45) is 0 Å². The van der Waals surface area contributed by atoms with E-state index >= 15 is 0 Å². The molecule has 0 aliphatic carbocycles. The van der Waals surface area contributed by atoms with E-state index in [1.165, 1.54) is 45.6 Å². The zero-order valence-electron chi connectivity index (χ0n) is 15.7. The number of hydrogen-bond acceptors (Lipinski definition) is 3. The Hall–Kier alpha value is -1.09. The van der Waals surface area contributed by atoms with Crippen LogP contribution in [0.3, 0.4) is 0 Å². The lowest BCUT2D eigenvalue weighted by molar-refractivity contribution is -0.140. The van der Waals surface area contributed by atoms with Crippen LogP contribution in [0.1, 0.15) is 84.0 Å². The van der Waals surface area contributed by atoms with Gasteiger partial charge in [-0.2, -0.15) is 0 Å². The molecule has 0 aromatic heterocycles. The van der Waals surface area contributed by atoms with E-state index in [1.54, 1.807) is 0 Å². The van der Waals surface area contributed by atoms with Crippen LogP contribution in [0.5, 0.6) is 0 Å². The molecule has 24 heavy (non-hydrogen) atoms. The first-order chi connectivity index (χ1) is 11.8. The van der Waals surface area contributed by atoms with Crippen LogP contribution in [-0.4, -0.2) is 25.3 Å². The smallest absolute Gasteiger partial charge is 0.305 e. The maximum atomic E-state index is 10.9. The van der Waals surface area contributed by atoms with Crippen LogP contribution in [0.2, 0.25) is 0 Å². The van der Waals surface area contributed by atoms with Crippen LogP contribution in [0.15, 0.2) is 24.3 Å². The van der Waals surface area contributed by atoms with E-state index in [4.69, 9.17) is 4.74 Å². The maximum Gasteiger partial charge on any atom is 0.305 e. The monoisotopic (exact) mass is 336 g/mol. The van der Waals surface area contributed by atoms with E-state index in [0.717, 1.165) is 32.1 Å². The minimum absolute atomic E-state index is 0.0921. The molecule has 0 N–H and O–H groups in total. The van der Waals surface area contributed by atoms with Gasteiger partial charge in [0.15, 0.2) is 0 Å². The predicted octanol–water partition coefficient (Wildman–Crippen LogP) is 5.74. The molecule has 3 heteroatoms. The number of unbranched alkanes of at least 4 members (excludes halogenated alkanes) is 6. The molecule has 138 valence electrons.